The molecule has 0 aliphatic carbocycles. The molecule has 2 aromatic rings. The van der Waals surface area contributed by atoms with Crippen LogP contribution in [0.15, 0.2) is 54.6 Å². The molecule has 11 heteroatoms. The number of urea groups is 1. The quantitative estimate of drug-likeness (QED) is 0.216. The molecule has 2 fully saturated rings. The molecule has 4 rings (SSSR count). The summed E-state index contributed by atoms with van der Waals surface area (Å²) in [6.07, 6.45) is 5.21. The van der Waals surface area contributed by atoms with Crippen molar-refractivity contribution in [3.63, 3.8) is 0 Å². The zero-order valence-corrected chi connectivity index (χ0v) is 27.0. The average Bonchev–Trinajstić information content (AvgIpc) is 3.44. The molecule has 0 radical (unpaired) electrons. The van der Waals surface area contributed by atoms with E-state index in [1.165, 1.54) is 5.56 Å². The Morgan fingerprint density at radius 3 is 2.31 bits per heavy atom. The number of hydrogen-bond donors (Lipinski definition) is 5. The van der Waals surface area contributed by atoms with Crippen LogP contribution in [-0.2, 0) is 27.2 Å². The van der Waals surface area contributed by atoms with Crippen LogP contribution < -0.4 is 31.3 Å². The Balaban J connectivity index is 0.000000385. The summed E-state index contributed by atoms with van der Waals surface area (Å²) in [5.74, 6) is 0.139. The van der Waals surface area contributed by atoms with E-state index >= 15 is 0 Å². The van der Waals surface area contributed by atoms with Crippen LogP contribution in [0.1, 0.15) is 43.7 Å². The lowest BCUT2D eigenvalue weighted by molar-refractivity contribution is -0.141. The van der Waals surface area contributed by atoms with E-state index < -0.39 is 18.1 Å². The topological polar surface area (TPSA) is 141 Å². The highest BCUT2D eigenvalue weighted by Crippen LogP contribution is 2.33. The van der Waals surface area contributed by atoms with Gasteiger partial charge in [-0.25, -0.2) is 4.79 Å². The molecular weight excluding hydrogens is 572 g/mol. The highest BCUT2D eigenvalue weighted by Gasteiger charge is 2.45. The molecule has 5 unspecified atom stereocenters. The number of aldehydes is 1. The lowest BCUT2D eigenvalue weighted by Gasteiger charge is -2.31. The number of nitrogens with zero attached hydrogens (tertiary/aromatic N) is 1. The fraction of sp³-hybridized carbons (Fsp3) is 0.529. The second-order valence-corrected chi connectivity index (χ2v) is 11.5. The summed E-state index contributed by atoms with van der Waals surface area (Å²) in [4.78, 5) is 52.1. The van der Waals surface area contributed by atoms with Crippen LogP contribution in [0.2, 0.25) is 0 Å². The van der Waals surface area contributed by atoms with Crippen LogP contribution in [0, 0.1) is 5.92 Å². The Morgan fingerprint density at radius 2 is 1.69 bits per heavy atom. The van der Waals surface area contributed by atoms with E-state index in [1.807, 2.05) is 56.4 Å². The number of benzene rings is 2. The van der Waals surface area contributed by atoms with Crippen molar-refractivity contribution in [2.45, 2.75) is 69.6 Å². The molecular formula is C34H50N6O5. The first-order chi connectivity index (χ1) is 21.8. The molecule has 0 aromatic heterocycles. The van der Waals surface area contributed by atoms with Gasteiger partial charge in [0.2, 0.25) is 11.8 Å². The second kappa shape index (κ2) is 18.8. The maximum Gasteiger partial charge on any atom is 0.314 e. The fourth-order valence-corrected chi connectivity index (χ4v) is 5.95. The molecule has 4 amide bonds. The van der Waals surface area contributed by atoms with E-state index in [1.54, 1.807) is 19.1 Å². The predicted molar refractivity (Wildman–Crippen MR) is 175 cm³/mol. The number of fused-ring (bicyclic) bond motifs is 1. The highest BCUT2D eigenvalue weighted by molar-refractivity contribution is 5.92. The lowest BCUT2D eigenvalue weighted by atomic mass is 9.92. The maximum absolute atomic E-state index is 13.6. The zero-order chi connectivity index (χ0) is 32.6. The van der Waals surface area contributed by atoms with Crippen LogP contribution in [-0.4, -0.2) is 94.0 Å². The molecule has 45 heavy (non-hydrogen) atoms. The summed E-state index contributed by atoms with van der Waals surface area (Å²) in [6, 6.07) is 15.7. The van der Waals surface area contributed by atoms with Crippen LogP contribution >= 0.6 is 0 Å². The van der Waals surface area contributed by atoms with Gasteiger partial charge in [-0.1, -0.05) is 42.5 Å². The second-order valence-electron chi connectivity index (χ2n) is 11.5. The van der Waals surface area contributed by atoms with Gasteiger partial charge in [0, 0.05) is 25.0 Å². The number of amides is 4. The van der Waals surface area contributed by atoms with E-state index in [9.17, 15) is 19.2 Å². The Labute approximate surface area is 267 Å². The van der Waals surface area contributed by atoms with E-state index in [4.69, 9.17) is 4.74 Å². The largest absolute Gasteiger partial charge is 0.497 e. The summed E-state index contributed by atoms with van der Waals surface area (Å²) < 4.78 is 5.06. The molecule has 0 bridgehead atoms. The zero-order valence-electron chi connectivity index (χ0n) is 27.0. The number of carbonyl (C=O) groups is 4. The van der Waals surface area contributed by atoms with E-state index in [0.717, 1.165) is 43.4 Å². The lowest BCUT2D eigenvalue weighted by Crippen LogP contribution is -2.58. The van der Waals surface area contributed by atoms with Gasteiger partial charge in [-0.05, 0) is 89.3 Å². The molecule has 2 aromatic carbocycles. The van der Waals surface area contributed by atoms with Gasteiger partial charge in [0.05, 0.1) is 19.2 Å². The van der Waals surface area contributed by atoms with E-state index in [-0.39, 0.29) is 36.3 Å². The van der Waals surface area contributed by atoms with Crippen molar-refractivity contribution in [3.05, 3.63) is 65.7 Å². The molecule has 2 saturated heterocycles. The van der Waals surface area contributed by atoms with Gasteiger partial charge in [-0.15, -0.1) is 0 Å². The third kappa shape index (κ3) is 10.6. The standard InChI is InChI=1S/C24H35N5O4.C10H15NO/c1-3-26-24(33)27-14-17-9-10-18-11-12-19(15-30)29(18)23(32)21(17)28-22(31)20(25-2)13-16-7-5-4-6-8-16;1-11-8-7-9-3-5-10(12-2)6-4-9/h4-8,15,17-21,25H,3,9-14H2,1-2H3,(H,28,31)(H2,26,27,33);3-6,11H,7-8H2,1-2H3. The molecule has 2 aliphatic rings. The van der Waals surface area contributed by atoms with E-state index in [2.05, 4.69) is 38.7 Å². The first-order valence-electron chi connectivity index (χ1n) is 15.9. The molecule has 2 aliphatic heterocycles. The molecule has 0 spiro atoms. The van der Waals surface area contributed by atoms with Crippen molar-refractivity contribution in [2.24, 2.45) is 5.92 Å². The number of carbonyl (C=O) groups excluding carboxylic acids is 4. The summed E-state index contributed by atoms with van der Waals surface area (Å²) in [5, 5.41) is 14.6. The number of likely N-dealkylation sites (N-methyl/N-ethyl adjacent to an activating group) is 2. The van der Waals surface area contributed by atoms with Crippen molar-refractivity contribution in [1.82, 2.24) is 31.5 Å². The average molecular weight is 623 g/mol. The minimum absolute atomic E-state index is 0.00835. The highest BCUT2D eigenvalue weighted by atomic mass is 16.5. The monoisotopic (exact) mass is 622 g/mol. The predicted octanol–water partition coefficient (Wildman–Crippen LogP) is 2.05. The van der Waals surface area contributed by atoms with Crippen molar-refractivity contribution >= 4 is 24.1 Å². The number of rotatable bonds is 13. The Kier molecular flexibility index (Phi) is 14.8. The summed E-state index contributed by atoms with van der Waals surface area (Å²) in [6.45, 7) is 3.61. The van der Waals surface area contributed by atoms with Crippen LogP contribution in [0.3, 0.4) is 0 Å². The number of hydrogen-bond acceptors (Lipinski definition) is 7. The summed E-state index contributed by atoms with van der Waals surface area (Å²) >= 11 is 0. The first kappa shape index (κ1) is 35.5. The van der Waals surface area contributed by atoms with Crippen molar-refractivity contribution in [3.8, 4) is 5.75 Å². The Hall–Kier alpha value is -3.96. The van der Waals surface area contributed by atoms with Gasteiger partial charge < -0.3 is 41.0 Å². The minimum Gasteiger partial charge on any atom is -0.497 e. The van der Waals surface area contributed by atoms with Crippen LogP contribution in [0.25, 0.3) is 0 Å². The number of ether oxygens (including phenoxy) is 1. The summed E-state index contributed by atoms with van der Waals surface area (Å²) in [5.41, 5.74) is 2.35. The van der Waals surface area contributed by atoms with Gasteiger partial charge in [-0.2, -0.15) is 0 Å². The molecule has 2 heterocycles. The normalized spacial score (nSPS) is 21.3. The number of nitrogens with one attached hydrogen (secondary N) is 5. The number of methoxy groups -OCH3 is 1. The van der Waals surface area contributed by atoms with Gasteiger partial charge >= 0.3 is 6.03 Å². The van der Waals surface area contributed by atoms with Gasteiger partial charge in [0.1, 0.15) is 18.1 Å². The van der Waals surface area contributed by atoms with Crippen LogP contribution in [0.4, 0.5) is 4.79 Å². The first-order valence-corrected chi connectivity index (χ1v) is 15.9. The Bertz CT molecular complexity index is 1210. The summed E-state index contributed by atoms with van der Waals surface area (Å²) in [7, 11) is 5.36. The van der Waals surface area contributed by atoms with E-state index in [0.29, 0.717) is 25.8 Å². The SMILES string of the molecule is CCNC(=O)NCC1CCC2CCC(C=O)N2C(=O)C1NC(=O)C(Cc1ccccc1)NC.CNCCc1ccc(OC)cc1. The van der Waals surface area contributed by atoms with Crippen molar-refractivity contribution in [2.75, 3.05) is 40.8 Å². The third-order valence-corrected chi connectivity index (χ3v) is 8.50. The fourth-order valence-electron chi connectivity index (χ4n) is 5.95. The van der Waals surface area contributed by atoms with Crippen molar-refractivity contribution < 1.29 is 23.9 Å². The molecule has 11 nitrogen and oxygen atoms in total. The van der Waals surface area contributed by atoms with Gasteiger partial charge in [-0.3, -0.25) is 9.59 Å². The Morgan fingerprint density at radius 1 is 0.978 bits per heavy atom. The van der Waals surface area contributed by atoms with Crippen molar-refractivity contribution in [1.29, 1.82) is 0 Å². The molecule has 246 valence electrons. The maximum atomic E-state index is 13.6. The van der Waals surface area contributed by atoms with Crippen LogP contribution in [0.5, 0.6) is 5.75 Å². The smallest absolute Gasteiger partial charge is 0.314 e. The van der Waals surface area contributed by atoms with Gasteiger partial charge in [0.15, 0.2) is 0 Å². The van der Waals surface area contributed by atoms with Gasteiger partial charge in [0.25, 0.3) is 0 Å². The third-order valence-electron chi connectivity index (χ3n) is 8.50. The molecule has 5 N–H and O–H groups in total. The molecule has 5 atom stereocenters. The molecule has 0 saturated carbocycles. The minimum atomic E-state index is -0.809.